The normalized spacial score (nSPS) is 43.7. The zero-order valence-electron chi connectivity index (χ0n) is 48.5. The van der Waals surface area contributed by atoms with Crippen LogP contribution in [-0.2, 0) is 99.9 Å². The van der Waals surface area contributed by atoms with Crippen molar-refractivity contribution in [1.82, 2.24) is 0 Å². The first-order valence-corrected chi connectivity index (χ1v) is 27.9. The van der Waals surface area contributed by atoms with Gasteiger partial charge in [0.15, 0.2) is 49.2 Å². The monoisotopic (exact) mass is 1120 g/mol. The Hall–Kier alpha value is -4.48. The van der Waals surface area contributed by atoms with E-state index in [1.165, 1.54) is 41.5 Å². The van der Waals surface area contributed by atoms with E-state index in [0.29, 0.717) is 38.5 Å². The fraction of sp³-hybridized carbons (Fsp3) is 0.860. The van der Waals surface area contributed by atoms with Gasteiger partial charge in [0, 0.05) is 61.3 Å². The summed E-state index contributed by atoms with van der Waals surface area (Å²) in [5, 5.41) is 11.2. The maximum absolute atomic E-state index is 13.2. The highest BCUT2D eigenvalue weighted by atomic mass is 16.7. The highest BCUT2D eigenvalue weighted by molar-refractivity contribution is 5.70. The molecule has 0 radical (unpaired) electrons. The molecule has 2 spiro atoms. The smallest absolute Gasteiger partial charge is 0.303 e. The Kier molecular flexibility index (Phi) is 16.6. The van der Waals surface area contributed by atoms with Gasteiger partial charge in [-0.2, -0.15) is 0 Å². The molecule has 0 bridgehead atoms. The van der Waals surface area contributed by atoms with Gasteiger partial charge in [-0.1, -0.05) is 27.7 Å². The highest BCUT2D eigenvalue weighted by Gasteiger charge is 2.86. The molecule has 8 aliphatic rings. The fourth-order valence-electron chi connectivity index (χ4n) is 17.2. The predicted octanol–water partition coefficient (Wildman–Crippen LogP) is 5.29. The third-order valence-corrected chi connectivity index (χ3v) is 19.9. The van der Waals surface area contributed by atoms with Crippen molar-refractivity contribution in [3.63, 3.8) is 0 Å². The second-order valence-corrected chi connectivity index (χ2v) is 25.8. The van der Waals surface area contributed by atoms with Crippen LogP contribution in [0.5, 0.6) is 0 Å². The summed E-state index contributed by atoms with van der Waals surface area (Å²) in [7, 11) is 0. The first kappa shape index (κ1) is 60.6. The van der Waals surface area contributed by atoms with E-state index in [1.54, 1.807) is 13.8 Å². The molecule has 0 aromatic heterocycles. The largest absolute Gasteiger partial charge is 0.463 e. The topological polar surface area (TPSA) is 277 Å². The average Bonchev–Trinajstić information content (AvgIpc) is 1.56. The average molecular weight is 1120 g/mol. The van der Waals surface area contributed by atoms with Gasteiger partial charge in [-0.3, -0.25) is 38.4 Å². The Morgan fingerprint density at radius 2 is 1.09 bits per heavy atom. The van der Waals surface area contributed by atoms with E-state index in [1.807, 2.05) is 0 Å². The van der Waals surface area contributed by atoms with Gasteiger partial charge in [-0.05, 0) is 117 Å². The first-order valence-electron chi connectivity index (χ1n) is 27.9. The van der Waals surface area contributed by atoms with Crippen LogP contribution < -0.4 is 0 Å². The van der Waals surface area contributed by atoms with Gasteiger partial charge < -0.3 is 66.7 Å². The number of aliphatic hydroxyl groups is 1. The van der Waals surface area contributed by atoms with E-state index in [0.717, 1.165) is 33.1 Å². The summed E-state index contributed by atoms with van der Waals surface area (Å²) >= 11 is 0. The van der Waals surface area contributed by atoms with Crippen molar-refractivity contribution in [1.29, 1.82) is 0 Å². The van der Waals surface area contributed by atoms with Crippen LogP contribution in [0.1, 0.15) is 162 Å². The maximum atomic E-state index is 13.2. The molecule has 1 N–H and O–H groups in total. The molecule has 3 saturated heterocycles. The Morgan fingerprint density at radius 3 is 1.65 bits per heavy atom. The van der Waals surface area contributed by atoms with Crippen molar-refractivity contribution in [3.05, 3.63) is 0 Å². The molecule has 5 saturated carbocycles. The molecule has 8 fully saturated rings. The minimum Gasteiger partial charge on any atom is -0.463 e. The molecule has 8 rings (SSSR count). The number of fused-ring (bicyclic) bond motifs is 2. The van der Waals surface area contributed by atoms with Crippen molar-refractivity contribution in [2.75, 3.05) is 13.2 Å². The van der Waals surface area contributed by atoms with E-state index in [-0.39, 0.29) is 23.9 Å². The molecule has 5 aliphatic carbocycles. The molecule has 0 aromatic carbocycles. The number of rotatable bonds is 15. The molecule has 0 aromatic rings. The maximum Gasteiger partial charge on any atom is 0.303 e. The van der Waals surface area contributed by atoms with Crippen LogP contribution in [0.2, 0.25) is 0 Å². The van der Waals surface area contributed by atoms with Crippen LogP contribution in [-0.4, -0.2) is 157 Å². The van der Waals surface area contributed by atoms with Crippen molar-refractivity contribution in [3.8, 4) is 0 Å². The van der Waals surface area contributed by atoms with Crippen molar-refractivity contribution in [2.45, 2.75) is 253 Å². The SMILES string of the molecule is CC(=O)OCC1OC(O[C@H]2C[C@@H]3[C@]4(CC[C@]5(C)[C@@H](C6(C)CC[C@@H](C(C)(C)O)O6)[C@@H](OC(C)=O)C[C@@]35C)C[C@@]43CC[C@H](OC4OCC(OC(C)=O)C(OC(C)=O)C4OC(C)=O)C(C)(C)C23)C(OC(C)=O)C(OC(C)=O)C1OC(C)=O. The molecule has 3 aliphatic heterocycles. The van der Waals surface area contributed by atoms with E-state index in [2.05, 4.69) is 34.6 Å². The molecule has 22 nitrogen and oxygen atoms in total. The molecular weight excluding hydrogens is 1040 g/mol. The first-order chi connectivity index (χ1) is 36.6. The number of carbonyl (C=O) groups excluding carboxylic acids is 8. The fourth-order valence-corrected chi connectivity index (χ4v) is 17.2. The van der Waals surface area contributed by atoms with E-state index in [4.69, 9.17) is 61.6 Å². The van der Waals surface area contributed by atoms with Crippen LogP contribution in [0.3, 0.4) is 0 Å². The lowest BCUT2D eigenvalue weighted by Crippen LogP contribution is -2.66. The van der Waals surface area contributed by atoms with E-state index in [9.17, 15) is 43.5 Å². The Labute approximate surface area is 462 Å². The quantitative estimate of drug-likeness (QED) is 0.124. The number of hydrogen-bond acceptors (Lipinski definition) is 22. The summed E-state index contributed by atoms with van der Waals surface area (Å²) in [5.41, 5.74) is -4.52. The number of ether oxygens (including phenoxy) is 13. The van der Waals surface area contributed by atoms with Gasteiger partial charge in [-0.25, -0.2) is 0 Å². The minimum atomic E-state index is -1.53. The van der Waals surface area contributed by atoms with Crippen molar-refractivity contribution in [2.24, 2.45) is 44.8 Å². The molecule has 22 heteroatoms. The Morgan fingerprint density at radius 1 is 0.544 bits per heavy atom. The number of hydrogen-bond donors (Lipinski definition) is 1. The zero-order chi connectivity index (χ0) is 58.3. The molecular formula is C57H84O22. The van der Waals surface area contributed by atoms with Gasteiger partial charge in [-0.15, -0.1) is 0 Å². The summed E-state index contributed by atoms with van der Waals surface area (Å²) in [6.45, 7) is 23.3. The van der Waals surface area contributed by atoms with Crippen LogP contribution >= 0.6 is 0 Å². The predicted molar refractivity (Wildman–Crippen MR) is 270 cm³/mol. The lowest BCUT2D eigenvalue weighted by molar-refractivity contribution is -0.341. The van der Waals surface area contributed by atoms with Crippen LogP contribution in [0, 0.1) is 44.8 Å². The Balaban J connectivity index is 1.24. The number of esters is 8. The van der Waals surface area contributed by atoms with E-state index >= 15 is 0 Å². The summed E-state index contributed by atoms with van der Waals surface area (Å²) in [5.74, 6) is -6.34. The number of carbonyl (C=O) groups is 8. The van der Waals surface area contributed by atoms with Gasteiger partial charge >= 0.3 is 47.8 Å². The van der Waals surface area contributed by atoms with E-state index < -0.39 is 173 Å². The standard InChI is InChI=1S/C57H84O22/c1-27(58)67-24-38-42(71-30(4)61)44(73-32(6)63)46(75-34(8)65)50(77-38)76-35-22-39-54(14)23-36(69-28(2)59)48(55(15)18-16-41(79-55)52(11,12)66)53(54,13)20-21-56(39)26-57(56)19-17-40(51(9,10)47(35)57)78-49-45(74-33(7)64)43(72-31(5)62)37(25-68-49)70-29(3)60/h35-50,66H,16-26H2,1-15H3/t35-,36-,37?,38?,39-,40-,41-,42?,43?,44?,45?,46?,47?,48-,49?,50?,53+,54-,55?,56-,57+/m0/s1. The summed E-state index contributed by atoms with van der Waals surface area (Å²) < 4.78 is 80.8. The molecule has 21 atom stereocenters. The van der Waals surface area contributed by atoms with Gasteiger partial charge in [0.1, 0.15) is 18.8 Å². The Bertz CT molecular complexity index is 2400. The van der Waals surface area contributed by atoms with Crippen molar-refractivity contribution >= 4 is 47.8 Å². The molecule has 11 unspecified atom stereocenters. The van der Waals surface area contributed by atoms with Crippen LogP contribution in [0.4, 0.5) is 0 Å². The van der Waals surface area contributed by atoms with Crippen LogP contribution in [0.25, 0.3) is 0 Å². The minimum absolute atomic E-state index is 0.102. The lowest BCUT2D eigenvalue weighted by atomic mass is 9.41. The molecule has 0 amide bonds. The summed E-state index contributed by atoms with van der Waals surface area (Å²) in [4.78, 5) is 102. The summed E-state index contributed by atoms with van der Waals surface area (Å²) in [6, 6.07) is 0. The van der Waals surface area contributed by atoms with Gasteiger partial charge in [0.25, 0.3) is 0 Å². The second-order valence-electron chi connectivity index (χ2n) is 25.8. The highest BCUT2D eigenvalue weighted by Crippen LogP contribution is 2.89. The molecule has 79 heavy (non-hydrogen) atoms. The molecule has 444 valence electrons. The second kappa shape index (κ2) is 21.7. The third kappa shape index (κ3) is 11.0. The van der Waals surface area contributed by atoms with Crippen LogP contribution in [0.15, 0.2) is 0 Å². The summed E-state index contributed by atoms with van der Waals surface area (Å²) in [6.07, 6.45) is -9.19. The van der Waals surface area contributed by atoms with Crippen molar-refractivity contribution < 1.29 is 105 Å². The zero-order valence-corrected chi connectivity index (χ0v) is 48.5. The van der Waals surface area contributed by atoms with Gasteiger partial charge in [0.05, 0.1) is 36.1 Å². The van der Waals surface area contributed by atoms with Gasteiger partial charge in [0.2, 0.25) is 0 Å². The third-order valence-electron chi connectivity index (χ3n) is 19.9. The lowest BCUT2D eigenvalue weighted by Gasteiger charge is -2.65. The molecule has 3 heterocycles.